The van der Waals surface area contributed by atoms with Crippen LogP contribution in [0.2, 0.25) is 0 Å². The molecule has 0 bridgehead atoms. The maximum Gasteiger partial charge on any atom is 0.435 e. The van der Waals surface area contributed by atoms with Gasteiger partial charge >= 0.3 is 6.18 Å². The molecule has 1 atom stereocenters. The zero-order valence-electron chi connectivity index (χ0n) is 11.4. The first-order chi connectivity index (χ1) is 9.70. The SMILES string of the molecule is CC(CN(C)c1nccn2nc(C(F)(F)F)cc12)C(N)=S. The summed E-state index contributed by atoms with van der Waals surface area (Å²) in [4.78, 5) is 6.18. The van der Waals surface area contributed by atoms with Crippen LogP contribution < -0.4 is 10.6 Å². The van der Waals surface area contributed by atoms with Crippen molar-refractivity contribution in [2.24, 2.45) is 11.7 Å². The van der Waals surface area contributed by atoms with Gasteiger partial charge in [0.2, 0.25) is 0 Å². The fraction of sp³-hybridized carbons (Fsp3) is 0.417. The molecule has 0 saturated heterocycles. The van der Waals surface area contributed by atoms with Crippen LogP contribution in [-0.4, -0.2) is 33.2 Å². The number of nitrogens with two attached hydrogens (primary N) is 1. The Kier molecular flexibility index (Phi) is 4.04. The average molecular weight is 317 g/mol. The molecule has 0 aliphatic carbocycles. The second-order valence-electron chi connectivity index (χ2n) is 4.79. The van der Waals surface area contributed by atoms with Crippen LogP contribution in [0.1, 0.15) is 12.6 Å². The van der Waals surface area contributed by atoms with E-state index in [4.69, 9.17) is 18.0 Å². The van der Waals surface area contributed by atoms with Crippen molar-refractivity contribution in [3.05, 3.63) is 24.2 Å². The van der Waals surface area contributed by atoms with Crippen molar-refractivity contribution >= 4 is 28.5 Å². The Morgan fingerprint density at radius 3 is 2.76 bits per heavy atom. The van der Waals surface area contributed by atoms with Gasteiger partial charge < -0.3 is 10.6 Å². The minimum atomic E-state index is -4.49. The molecule has 0 saturated carbocycles. The number of hydrogen-bond acceptors (Lipinski definition) is 4. The lowest BCUT2D eigenvalue weighted by atomic mass is 10.1. The van der Waals surface area contributed by atoms with E-state index in [0.717, 1.165) is 10.6 Å². The first-order valence-corrected chi connectivity index (χ1v) is 6.53. The summed E-state index contributed by atoms with van der Waals surface area (Å²) in [6.07, 6.45) is -1.72. The number of nitrogens with zero attached hydrogens (tertiary/aromatic N) is 4. The quantitative estimate of drug-likeness (QED) is 0.875. The van der Waals surface area contributed by atoms with Crippen molar-refractivity contribution in [2.75, 3.05) is 18.5 Å². The van der Waals surface area contributed by atoms with E-state index in [1.807, 2.05) is 6.92 Å². The summed E-state index contributed by atoms with van der Waals surface area (Å²) in [7, 11) is 1.72. The van der Waals surface area contributed by atoms with Crippen LogP contribution in [0.5, 0.6) is 0 Å². The molecule has 0 aliphatic heterocycles. The smallest absolute Gasteiger partial charge is 0.393 e. The molecule has 21 heavy (non-hydrogen) atoms. The molecule has 0 radical (unpaired) electrons. The Bertz CT molecular complexity index is 666. The van der Waals surface area contributed by atoms with Crippen LogP contribution in [0.25, 0.3) is 5.52 Å². The van der Waals surface area contributed by atoms with Crippen LogP contribution in [0, 0.1) is 5.92 Å². The molecule has 2 aromatic rings. The Morgan fingerprint density at radius 1 is 1.52 bits per heavy atom. The third-order valence-corrected chi connectivity index (χ3v) is 3.46. The highest BCUT2D eigenvalue weighted by Crippen LogP contribution is 2.30. The molecule has 2 aromatic heterocycles. The third kappa shape index (κ3) is 3.23. The lowest BCUT2D eigenvalue weighted by molar-refractivity contribution is -0.141. The Hall–Kier alpha value is -1.90. The van der Waals surface area contributed by atoms with Gasteiger partial charge in [0.05, 0.1) is 4.99 Å². The van der Waals surface area contributed by atoms with Gasteiger partial charge in [-0.3, -0.25) is 0 Å². The molecule has 1 unspecified atom stereocenters. The van der Waals surface area contributed by atoms with Gasteiger partial charge in [0, 0.05) is 38.0 Å². The van der Waals surface area contributed by atoms with Gasteiger partial charge in [0.15, 0.2) is 11.5 Å². The molecule has 114 valence electrons. The summed E-state index contributed by atoms with van der Waals surface area (Å²) in [5.74, 6) is 0.306. The van der Waals surface area contributed by atoms with Gasteiger partial charge in [0.1, 0.15) is 5.52 Å². The highest BCUT2D eigenvalue weighted by Gasteiger charge is 2.34. The summed E-state index contributed by atoms with van der Waals surface area (Å²) in [6, 6.07) is 0.976. The van der Waals surface area contributed by atoms with Crippen LogP contribution in [0.3, 0.4) is 0 Å². The summed E-state index contributed by atoms with van der Waals surface area (Å²) >= 11 is 4.90. The first kappa shape index (κ1) is 15.5. The molecule has 2 N–H and O–H groups in total. The standard InChI is InChI=1S/C12H14F3N5S/c1-7(10(16)21)6-19(2)11-8-5-9(12(13,14)15)18-20(8)4-3-17-11/h3-5,7H,6H2,1-2H3,(H2,16,21). The van der Waals surface area contributed by atoms with Crippen LogP contribution >= 0.6 is 12.2 Å². The van der Waals surface area contributed by atoms with Crippen molar-refractivity contribution < 1.29 is 13.2 Å². The van der Waals surface area contributed by atoms with E-state index in [-0.39, 0.29) is 11.4 Å². The van der Waals surface area contributed by atoms with Gasteiger partial charge in [-0.05, 0) is 0 Å². The molecule has 0 spiro atoms. The number of alkyl halides is 3. The predicted octanol–water partition coefficient (Wildman–Crippen LogP) is 2.11. The van der Waals surface area contributed by atoms with Crippen molar-refractivity contribution in [2.45, 2.75) is 13.1 Å². The first-order valence-electron chi connectivity index (χ1n) is 6.12. The summed E-state index contributed by atoms with van der Waals surface area (Å²) in [6.45, 7) is 2.30. The molecule has 0 aliphatic rings. The summed E-state index contributed by atoms with van der Waals surface area (Å²) in [5.41, 5.74) is 4.88. The topological polar surface area (TPSA) is 59.5 Å². The van der Waals surface area contributed by atoms with Crippen LogP contribution in [0.4, 0.5) is 19.0 Å². The van der Waals surface area contributed by atoms with Crippen LogP contribution in [-0.2, 0) is 6.18 Å². The minimum absolute atomic E-state index is 0.0861. The highest BCUT2D eigenvalue weighted by molar-refractivity contribution is 7.80. The zero-order valence-corrected chi connectivity index (χ0v) is 12.2. The van der Waals surface area contributed by atoms with Gasteiger partial charge in [-0.15, -0.1) is 0 Å². The summed E-state index contributed by atoms with van der Waals surface area (Å²) in [5, 5.41) is 3.52. The largest absolute Gasteiger partial charge is 0.435 e. The number of rotatable bonds is 4. The summed E-state index contributed by atoms with van der Waals surface area (Å²) < 4.78 is 39.4. The van der Waals surface area contributed by atoms with E-state index in [2.05, 4.69) is 10.1 Å². The molecular formula is C12H14F3N5S. The number of thiocarbonyl (C=S) groups is 1. The molecule has 0 aromatic carbocycles. The van der Waals surface area contributed by atoms with Gasteiger partial charge in [0.25, 0.3) is 0 Å². The van der Waals surface area contributed by atoms with E-state index < -0.39 is 11.9 Å². The van der Waals surface area contributed by atoms with E-state index in [1.165, 1.54) is 12.4 Å². The van der Waals surface area contributed by atoms with E-state index in [0.29, 0.717) is 17.4 Å². The Balaban J connectivity index is 2.40. The molecule has 2 heterocycles. The Labute approximate surface area is 124 Å². The fourth-order valence-corrected chi connectivity index (χ4v) is 2.00. The third-order valence-electron chi connectivity index (χ3n) is 3.05. The fourth-order valence-electron chi connectivity index (χ4n) is 1.93. The van der Waals surface area contributed by atoms with Crippen molar-refractivity contribution in [3.63, 3.8) is 0 Å². The van der Waals surface area contributed by atoms with Crippen molar-refractivity contribution in [1.29, 1.82) is 0 Å². The zero-order chi connectivity index (χ0) is 15.8. The van der Waals surface area contributed by atoms with E-state index >= 15 is 0 Å². The second-order valence-corrected chi connectivity index (χ2v) is 5.26. The molecular weight excluding hydrogens is 303 g/mol. The van der Waals surface area contributed by atoms with Gasteiger partial charge in [-0.25, -0.2) is 9.50 Å². The molecule has 5 nitrogen and oxygen atoms in total. The monoisotopic (exact) mass is 317 g/mol. The van der Waals surface area contributed by atoms with Crippen molar-refractivity contribution in [3.8, 4) is 0 Å². The van der Waals surface area contributed by atoms with Crippen LogP contribution in [0.15, 0.2) is 18.5 Å². The normalized spacial score (nSPS) is 13.4. The number of hydrogen-bond donors (Lipinski definition) is 1. The molecule has 2 rings (SSSR count). The van der Waals surface area contributed by atoms with Gasteiger partial charge in [-0.1, -0.05) is 19.1 Å². The number of fused-ring (bicyclic) bond motifs is 1. The maximum atomic E-state index is 12.7. The second kappa shape index (κ2) is 5.47. The lowest BCUT2D eigenvalue weighted by Gasteiger charge is -2.22. The highest BCUT2D eigenvalue weighted by atomic mass is 32.1. The minimum Gasteiger partial charge on any atom is -0.393 e. The van der Waals surface area contributed by atoms with Gasteiger partial charge in [-0.2, -0.15) is 18.3 Å². The Morgan fingerprint density at radius 2 is 2.19 bits per heavy atom. The molecule has 0 amide bonds. The van der Waals surface area contributed by atoms with Crippen molar-refractivity contribution in [1.82, 2.24) is 14.6 Å². The number of aromatic nitrogens is 3. The molecule has 0 fully saturated rings. The van der Waals surface area contributed by atoms with E-state index in [9.17, 15) is 13.2 Å². The molecule has 9 heteroatoms. The predicted molar refractivity (Wildman–Crippen MR) is 77.2 cm³/mol. The number of anilines is 1. The number of halogens is 3. The average Bonchev–Trinajstić information content (AvgIpc) is 2.81. The maximum absolute atomic E-state index is 12.7. The van der Waals surface area contributed by atoms with E-state index in [1.54, 1.807) is 11.9 Å². The lowest BCUT2D eigenvalue weighted by Crippen LogP contribution is -2.32.